The fourth-order valence-corrected chi connectivity index (χ4v) is 3.29. The van der Waals surface area contributed by atoms with Gasteiger partial charge in [-0.15, -0.1) is 0 Å². The van der Waals surface area contributed by atoms with Crippen LogP contribution in [0, 0.1) is 0 Å². The lowest BCUT2D eigenvalue weighted by atomic mass is 10.3. The molecule has 1 aromatic rings. The lowest BCUT2D eigenvalue weighted by Gasteiger charge is -2.17. The first-order valence-corrected chi connectivity index (χ1v) is 7.74. The van der Waals surface area contributed by atoms with Crippen molar-refractivity contribution in [1.29, 1.82) is 0 Å². The van der Waals surface area contributed by atoms with Gasteiger partial charge in [-0.05, 0) is 25.1 Å². The van der Waals surface area contributed by atoms with Crippen LogP contribution in [-0.2, 0) is 15.5 Å². The van der Waals surface area contributed by atoms with Crippen molar-refractivity contribution in [2.75, 3.05) is 26.0 Å². The van der Waals surface area contributed by atoms with E-state index in [-0.39, 0.29) is 6.04 Å². The first kappa shape index (κ1) is 15.6. The molecule has 0 amide bonds. The minimum atomic E-state index is -1.10. The highest BCUT2D eigenvalue weighted by molar-refractivity contribution is 7.85. The van der Waals surface area contributed by atoms with Gasteiger partial charge in [0.2, 0.25) is 0 Å². The van der Waals surface area contributed by atoms with E-state index in [9.17, 15) is 4.21 Å². The molecule has 0 fully saturated rings. The van der Waals surface area contributed by atoms with E-state index < -0.39 is 10.8 Å². The standard InChI is InChI=1S/C13H20ClNO2S/c1-3-8-15-11(9-17-2)10-18(16)13-7-5-4-6-12(13)14/h4-7,11,15H,3,8-10H2,1-2H3. The van der Waals surface area contributed by atoms with E-state index in [4.69, 9.17) is 16.3 Å². The topological polar surface area (TPSA) is 38.3 Å². The van der Waals surface area contributed by atoms with Gasteiger partial charge in [0, 0.05) is 18.9 Å². The zero-order valence-electron chi connectivity index (χ0n) is 10.8. The number of methoxy groups -OCH3 is 1. The Hall–Kier alpha value is -0.420. The molecule has 1 N–H and O–H groups in total. The van der Waals surface area contributed by atoms with E-state index in [0.717, 1.165) is 13.0 Å². The van der Waals surface area contributed by atoms with Gasteiger partial charge in [-0.3, -0.25) is 4.21 Å². The van der Waals surface area contributed by atoms with Crippen molar-refractivity contribution in [1.82, 2.24) is 5.32 Å². The highest BCUT2D eigenvalue weighted by Gasteiger charge is 2.15. The third-order valence-corrected chi connectivity index (χ3v) is 4.48. The highest BCUT2D eigenvalue weighted by atomic mass is 35.5. The molecule has 102 valence electrons. The molecule has 2 unspecified atom stereocenters. The normalized spacial score (nSPS) is 14.4. The molecular weight excluding hydrogens is 270 g/mol. The van der Waals surface area contributed by atoms with E-state index in [0.29, 0.717) is 22.3 Å². The largest absolute Gasteiger partial charge is 0.383 e. The number of halogens is 1. The molecule has 1 aromatic carbocycles. The summed E-state index contributed by atoms with van der Waals surface area (Å²) in [5.41, 5.74) is 0. The van der Waals surface area contributed by atoms with Gasteiger partial charge in [-0.2, -0.15) is 0 Å². The summed E-state index contributed by atoms with van der Waals surface area (Å²) in [5, 5.41) is 3.89. The van der Waals surface area contributed by atoms with Crippen molar-refractivity contribution in [2.24, 2.45) is 0 Å². The molecule has 0 radical (unpaired) electrons. The maximum atomic E-state index is 12.2. The van der Waals surface area contributed by atoms with Crippen molar-refractivity contribution in [3.8, 4) is 0 Å². The summed E-state index contributed by atoms with van der Waals surface area (Å²) in [7, 11) is 0.547. The molecule has 18 heavy (non-hydrogen) atoms. The van der Waals surface area contributed by atoms with E-state index in [1.165, 1.54) is 0 Å². The monoisotopic (exact) mass is 289 g/mol. The van der Waals surface area contributed by atoms with E-state index >= 15 is 0 Å². The second kappa shape index (κ2) is 8.64. The van der Waals surface area contributed by atoms with Crippen LogP contribution in [0.3, 0.4) is 0 Å². The molecule has 0 aromatic heterocycles. The minimum absolute atomic E-state index is 0.0899. The summed E-state index contributed by atoms with van der Waals surface area (Å²) in [6.07, 6.45) is 1.04. The molecule has 0 saturated carbocycles. The van der Waals surface area contributed by atoms with Crippen LogP contribution < -0.4 is 5.32 Å². The molecule has 2 atom stereocenters. The van der Waals surface area contributed by atoms with Crippen molar-refractivity contribution in [2.45, 2.75) is 24.3 Å². The summed E-state index contributed by atoms with van der Waals surface area (Å²) in [5.74, 6) is 0.511. The van der Waals surface area contributed by atoms with E-state index in [1.54, 1.807) is 13.2 Å². The smallest absolute Gasteiger partial charge is 0.0624 e. The van der Waals surface area contributed by atoms with Crippen LogP contribution in [0.25, 0.3) is 0 Å². The Bertz CT molecular complexity index is 387. The number of hydrogen-bond acceptors (Lipinski definition) is 3. The number of nitrogens with one attached hydrogen (secondary N) is 1. The number of rotatable bonds is 8. The molecule has 0 heterocycles. The second-order valence-corrected chi connectivity index (χ2v) is 5.92. The van der Waals surface area contributed by atoms with Gasteiger partial charge in [0.25, 0.3) is 0 Å². The van der Waals surface area contributed by atoms with Gasteiger partial charge in [-0.1, -0.05) is 30.7 Å². The van der Waals surface area contributed by atoms with Crippen molar-refractivity contribution < 1.29 is 8.95 Å². The van der Waals surface area contributed by atoms with Gasteiger partial charge in [-0.25, -0.2) is 0 Å². The van der Waals surface area contributed by atoms with Crippen LogP contribution in [0.5, 0.6) is 0 Å². The zero-order valence-corrected chi connectivity index (χ0v) is 12.4. The quantitative estimate of drug-likeness (QED) is 0.799. The predicted molar refractivity (Wildman–Crippen MR) is 76.7 cm³/mol. The zero-order chi connectivity index (χ0) is 13.4. The Morgan fingerprint density at radius 3 is 2.78 bits per heavy atom. The maximum absolute atomic E-state index is 12.2. The summed E-state index contributed by atoms with van der Waals surface area (Å²) in [4.78, 5) is 0.693. The molecule has 0 spiro atoms. The van der Waals surface area contributed by atoms with Gasteiger partial charge in [0.1, 0.15) is 0 Å². The highest BCUT2D eigenvalue weighted by Crippen LogP contribution is 2.19. The Morgan fingerprint density at radius 1 is 1.44 bits per heavy atom. The van der Waals surface area contributed by atoms with E-state index in [2.05, 4.69) is 12.2 Å². The van der Waals surface area contributed by atoms with Crippen molar-refractivity contribution in [3.05, 3.63) is 29.3 Å². The fraction of sp³-hybridized carbons (Fsp3) is 0.538. The molecule has 1 rings (SSSR count). The Labute approximate surface area is 116 Å². The number of hydrogen-bond donors (Lipinski definition) is 1. The van der Waals surface area contributed by atoms with Crippen LogP contribution in [-0.4, -0.2) is 36.3 Å². The molecular formula is C13H20ClNO2S. The van der Waals surface area contributed by atoms with Crippen LogP contribution in [0.1, 0.15) is 13.3 Å². The fourth-order valence-electron chi connectivity index (χ4n) is 1.62. The minimum Gasteiger partial charge on any atom is -0.383 e. The summed E-state index contributed by atoms with van der Waals surface area (Å²) < 4.78 is 17.4. The predicted octanol–water partition coefficient (Wildman–Crippen LogP) is 2.46. The van der Waals surface area contributed by atoms with Crippen molar-refractivity contribution >= 4 is 22.4 Å². The van der Waals surface area contributed by atoms with Crippen LogP contribution in [0.15, 0.2) is 29.2 Å². The van der Waals surface area contributed by atoms with Crippen LogP contribution in [0.4, 0.5) is 0 Å². The first-order valence-electron chi connectivity index (χ1n) is 6.04. The van der Waals surface area contributed by atoms with Gasteiger partial charge >= 0.3 is 0 Å². The third-order valence-electron chi connectivity index (χ3n) is 2.49. The van der Waals surface area contributed by atoms with E-state index in [1.807, 2.05) is 18.2 Å². The Morgan fingerprint density at radius 2 is 2.17 bits per heavy atom. The first-order chi connectivity index (χ1) is 8.69. The van der Waals surface area contributed by atoms with Crippen molar-refractivity contribution in [3.63, 3.8) is 0 Å². The summed E-state index contributed by atoms with van der Waals surface area (Å²) in [6.45, 7) is 3.55. The summed E-state index contributed by atoms with van der Waals surface area (Å²) in [6, 6.07) is 7.35. The van der Waals surface area contributed by atoms with Gasteiger partial charge < -0.3 is 10.1 Å². The lowest BCUT2D eigenvalue weighted by molar-refractivity contribution is 0.173. The average molecular weight is 290 g/mol. The number of benzene rings is 1. The van der Waals surface area contributed by atoms with Crippen LogP contribution in [0.2, 0.25) is 5.02 Å². The summed E-state index contributed by atoms with van der Waals surface area (Å²) >= 11 is 6.04. The number of ether oxygens (including phenoxy) is 1. The average Bonchev–Trinajstić information content (AvgIpc) is 2.36. The molecule has 0 bridgehead atoms. The molecule has 0 aliphatic rings. The lowest BCUT2D eigenvalue weighted by Crippen LogP contribution is -2.38. The second-order valence-electron chi connectivity index (χ2n) is 4.05. The Kier molecular flexibility index (Phi) is 7.51. The van der Waals surface area contributed by atoms with Gasteiger partial charge in [0.15, 0.2) is 0 Å². The molecule has 0 aliphatic carbocycles. The molecule has 5 heteroatoms. The third kappa shape index (κ3) is 5.06. The molecule has 0 saturated heterocycles. The molecule has 3 nitrogen and oxygen atoms in total. The van der Waals surface area contributed by atoms with Crippen LogP contribution >= 0.6 is 11.6 Å². The molecule has 0 aliphatic heterocycles. The van der Waals surface area contributed by atoms with Gasteiger partial charge in [0.05, 0.1) is 27.3 Å². The SMILES string of the molecule is CCCNC(COC)CS(=O)c1ccccc1Cl. The maximum Gasteiger partial charge on any atom is 0.0624 e. The Balaban J connectivity index is 2.63.